The van der Waals surface area contributed by atoms with Crippen LogP contribution >= 0.6 is 11.6 Å². The smallest absolute Gasteiger partial charge is 0.182 e. The number of nitrogens with zero attached hydrogens (tertiary/aromatic N) is 2. The number of rotatable bonds is 0. The highest BCUT2D eigenvalue weighted by atomic mass is 35.5. The van der Waals surface area contributed by atoms with Crippen LogP contribution in [0.5, 0.6) is 0 Å². The lowest BCUT2D eigenvalue weighted by atomic mass is 10.1. The molecule has 1 heterocycles. The molecule has 0 saturated carbocycles. The van der Waals surface area contributed by atoms with Gasteiger partial charge in [-0.1, -0.05) is 18.5 Å². The SMILES string of the molecule is CC1CC(=O)c2ncnc(Cl)c21. The van der Waals surface area contributed by atoms with Gasteiger partial charge >= 0.3 is 0 Å². The topological polar surface area (TPSA) is 42.9 Å². The summed E-state index contributed by atoms with van der Waals surface area (Å²) in [6.07, 6.45) is 1.84. The normalized spacial score (nSPS) is 21.2. The molecule has 0 radical (unpaired) electrons. The van der Waals surface area contributed by atoms with E-state index >= 15 is 0 Å². The first kappa shape index (κ1) is 7.68. The Balaban J connectivity index is 2.67. The van der Waals surface area contributed by atoms with E-state index < -0.39 is 0 Å². The number of carbonyl (C=O) groups excluding carboxylic acids is 1. The van der Waals surface area contributed by atoms with Crippen LogP contribution in [0, 0.1) is 0 Å². The van der Waals surface area contributed by atoms with Gasteiger partial charge in [0.15, 0.2) is 5.78 Å². The van der Waals surface area contributed by atoms with Crippen LogP contribution in [0.1, 0.15) is 35.3 Å². The van der Waals surface area contributed by atoms with Crippen LogP contribution in [-0.2, 0) is 0 Å². The van der Waals surface area contributed by atoms with Gasteiger partial charge in [0, 0.05) is 12.0 Å². The molecule has 0 fully saturated rings. The first-order chi connectivity index (χ1) is 5.70. The van der Waals surface area contributed by atoms with E-state index in [1.165, 1.54) is 6.33 Å². The quantitative estimate of drug-likeness (QED) is 0.575. The lowest BCUT2D eigenvalue weighted by Gasteiger charge is -2.02. The predicted octanol–water partition coefficient (Wildman–Crippen LogP) is 1.82. The molecule has 12 heavy (non-hydrogen) atoms. The Kier molecular flexibility index (Phi) is 1.61. The van der Waals surface area contributed by atoms with Gasteiger partial charge in [0.25, 0.3) is 0 Å². The van der Waals surface area contributed by atoms with Crippen LogP contribution in [0.4, 0.5) is 0 Å². The molecule has 1 aromatic heterocycles. The van der Waals surface area contributed by atoms with E-state index in [9.17, 15) is 4.79 Å². The van der Waals surface area contributed by atoms with Gasteiger partial charge in [-0.2, -0.15) is 0 Å². The minimum atomic E-state index is 0.0711. The van der Waals surface area contributed by atoms with Crippen molar-refractivity contribution in [1.82, 2.24) is 9.97 Å². The number of hydrogen-bond acceptors (Lipinski definition) is 3. The van der Waals surface area contributed by atoms with Gasteiger partial charge in [0.05, 0.1) is 0 Å². The molecule has 0 saturated heterocycles. The summed E-state index contributed by atoms with van der Waals surface area (Å²) in [5.74, 6) is 0.239. The van der Waals surface area contributed by atoms with E-state index in [0.717, 1.165) is 5.56 Å². The van der Waals surface area contributed by atoms with Gasteiger partial charge in [0.1, 0.15) is 17.2 Å². The van der Waals surface area contributed by atoms with Crippen molar-refractivity contribution >= 4 is 17.4 Å². The molecule has 62 valence electrons. The van der Waals surface area contributed by atoms with Crippen LogP contribution in [-0.4, -0.2) is 15.8 Å². The van der Waals surface area contributed by atoms with E-state index in [2.05, 4.69) is 9.97 Å². The molecule has 1 aromatic rings. The monoisotopic (exact) mass is 182 g/mol. The first-order valence-electron chi connectivity index (χ1n) is 3.73. The molecule has 3 nitrogen and oxygen atoms in total. The maximum atomic E-state index is 11.3. The maximum Gasteiger partial charge on any atom is 0.182 e. The molecular formula is C8H7ClN2O. The van der Waals surface area contributed by atoms with Gasteiger partial charge in [-0.25, -0.2) is 9.97 Å². The molecule has 0 spiro atoms. The standard InChI is InChI=1S/C8H7ClN2O/c1-4-2-5(12)7-6(4)8(9)11-3-10-7/h3-4H,2H2,1H3. The molecule has 0 aliphatic heterocycles. The second-order valence-electron chi connectivity index (χ2n) is 2.96. The van der Waals surface area contributed by atoms with Crippen LogP contribution < -0.4 is 0 Å². The number of ketones is 1. The summed E-state index contributed by atoms with van der Waals surface area (Å²) in [5, 5.41) is 0.415. The van der Waals surface area contributed by atoms with E-state index in [1.807, 2.05) is 6.92 Å². The number of hydrogen-bond donors (Lipinski definition) is 0. The fourth-order valence-electron chi connectivity index (χ4n) is 1.51. The molecular weight excluding hydrogens is 176 g/mol. The molecule has 0 N–H and O–H groups in total. The van der Waals surface area contributed by atoms with Crippen molar-refractivity contribution in [1.29, 1.82) is 0 Å². The van der Waals surface area contributed by atoms with Gasteiger partial charge in [-0.15, -0.1) is 0 Å². The number of halogens is 1. The van der Waals surface area contributed by atoms with E-state index in [-0.39, 0.29) is 11.7 Å². The Bertz CT molecular complexity index is 351. The Labute approximate surface area is 74.8 Å². The van der Waals surface area contributed by atoms with Crippen molar-refractivity contribution in [2.45, 2.75) is 19.3 Å². The number of Topliss-reactive ketones (excluding diaryl/α,β-unsaturated/α-hetero) is 1. The molecule has 1 aliphatic rings. The van der Waals surface area contributed by atoms with E-state index in [0.29, 0.717) is 17.3 Å². The summed E-state index contributed by atoms with van der Waals surface area (Å²) in [6.45, 7) is 1.96. The first-order valence-corrected chi connectivity index (χ1v) is 4.11. The highest BCUT2D eigenvalue weighted by Gasteiger charge is 2.30. The number of carbonyl (C=O) groups is 1. The highest BCUT2D eigenvalue weighted by molar-refractivity contribution is 6.31. The third kappa shape index (κ3) is 0.932. The molecule has 4 heteroatoms. The van der Waals surface area contributed by atoms with Crippen molar-refractivity contribution in [2.75, 3.05) is 0 Å². The van der Waals surface area contributed by atoms with Crippen molar-refractivity contribution in [3.05, 3.63) is 22.7 Å². The van der Waals surface area contributed by atoms with E-state index in [4.69, 9.17) is 11.6 Å². The maximum absolute atomic E-state index is 11.3. The number of aromatic nitrogens is 2. The summed E-state index contributed by atoms with van der Waals surface area (Å²) < 4.78 is 0. The Morgan fingerprint density at radius 2 is 2.33 bits per heavy atom. The molecule has 1 aliphatic carbocycles. The fourth-order valence-corrected chi connectivity index (χ4v) is 1.83. The van der Waals surface area contributed by atoms with E-state index in [1.54, 1.807) is 0 Å². The average molecular weight is 183 g/mol. The predicted molar refractivity (Wildman–Crippen MR) is 44.4 cm³/mol. The molecule has 0 aromatic carbocycles. The summed E-state index contributed by atoms with van der Waals surface area (Å²) in [7, 11) is 0. The van der Waals surface area contributed by atoms with Gasteiger partial charge < -0.3 is 0 Å². The zero-order valence-electron chi connectivity index (χ0n) is 6.54. The lowest BCUT2D eigenvalue weighted by molar-refractivity contribution is 0.0986. The Morgan fingerprint density at radius 1 is 1.58 bits per heavy atom. The van der Waals surface area contributed by atoms with Crippen molar-refractivity contribution < 1.29 is 4.79 Å². The van der Waals surface area contributed by atoms with Crippen LogP contribution in [0.3, 0.4) is 0 Å². The van der Waals surface area contributed by atoms with Crippen molar-refractivity contribution in [3.8, 4) is 0 Å². The Morgan fingerprint density at radius 3 is 3.00 bits per heavy atom. The fraction of sp³-hybridized carbons (Fsp3) is 0.375. The largest absolute Gasteiger partial charge is 0.292 e. The summed E-state index contributed by atoms with van der Waals surface area (Å²) in [4.78, 5) is 19.0. The summed E-state index contributed by atoms with van der Waals surface area (Å²) in [5.41, 5.74) is 1.31. The van der Waals surface area contributed by atoms with Gasteiger partial charge in [-0.05, 0) is 5.92 Å². The minimum absolute atomic E-state index is 0.0711. The van der Waals surface area contributed by atoms with Crippen molar-refractivity contribution in [2.24, 2.45) is 0 Å². The van der Waals surface area contributed by atoms with Gasteiger partial charge in [0.2, 0.25) is 0 Å². The van der Waals surface area contributed by atoms with Crippen LogP contribution in [0.2, 0.25) is 5.15 Å². The molecule has 1 atom stereocenters. The highest BCUT2D eigenvalue weighted by Crippen LogP contribution is 2.34. The number of fused-ring (bicyclic) bond motifs is 1. The van der Waals surface area contributed by atoms with Crippen LogP contribution in [0.25, 0.3) is 0 Å². The van der Waals surface area contributed by atoms with Gasteiger partial charge in [-0.3, -0.25) is 4.79 Å². The second kappa shape index (κ2) is 2.52. The second-order valence-corrected chi connectivity index (χ2v) is 3.31. The third-order valence-corrected chi connectivity index (χ3v) is 2.38. The van der Waals surface area contributed by atoms with Crippen LogP contribution in [0.15, 0.2) is 6.33 Å². The van der Waals surface area contributed by atoms with Crippen molar-refractivity contribution in [3.63, 3.8) is 0 Å². The molecule has 2 rings (SSSR count). The molecule has 0 bridgehead atoms. The molecule has 1 unspecified atom stereocenters. The average Bonchev–Trinajstić information content (AvgIpc) is 2.29. The molecule has 0 amide bonds. The zero-order chi connectivity index (χ0) is 8.72. The third-order valence-electron chi connectivity index (χ3n) is 2.08. The lowest BCUT2D eigenvalue weighted by Crippen LogP contribution is -1.96. The summed E-state index contributed by atoms with van der Waals surface area (Å²) >= 11 is 5.83. The summed E-state index contributed by atoms with van der Waals surface area (Å²) in [6, 6.07) is 0. The zero-order valence-corrected chi connectivity index (χ0v) is 7.30. The Hall–Kier alpha value is -0.960. The minimum Gasteiger partial charge on any atom is -0.292 e.